The molecule has 5 heteroatoms. The molecule has 0 saturated carbocycles. The van der Waals surface area contributed by atoms with Gasteiger partial charge in [-0.2, -0.15) is 0 Å². The summed E-state index contributed by atoms with van der Waals surface area (Å²) in [5.41, 5.74) is 1.97. The van der Waals surface area contributed by atoms with Crippen LogP contribution in [0.2, 0.25) is 8.67 Å². The van der Waals surface area contributed by atoms with Gasteiger partial charge in [0.05, 0.1) is 20.4 Å². The highest BCUT2D eigenvalue weighted by atomic mass is 35.5. The maximum atomic E-state index is 13.9. The number of hydrogen-bond acceptors (Lipinski definition) is 2. The van der Waals surface area contributed by atoms with Gasteiger partial charge < -0.3 is 5.32 Å². The van der Waals surface area contributed by atoms with Crippen LogP contribution in [0.1, 0.15) is 24.1 Å². The molecule has 1 atom stereocenters. The van der Waals surface area contributed by atoms with Crippen LogP contribution in [0.4, 0.5) is 10.1 Å². The fourth-order valence-electron chi connectivity index (χ4n) is 1.72. The topological polar surface area (TPSA) is 12.0 Å². The molecule has 0 fully saturated rings. The van der Waals surface area contributed by atoms with E-state index in [0.717, 1.165) is 5.56 Å². The second-order valence-electron chi connectivity index (χ2n) is 4.08. The molecule has 0 amide bonds. The summed E-state index contributed by atoms with van der Waals surface area (Å²) in [6.07, 6.45) is 0. The zero-order chi connectivity index (χ0) is 13.3. The minimum atomic E-state index is -0.234. The lowest BCUT2D eigenvalue weighted by atomic mass is 10.1. The van der Waals surface area contributed by atoms with Crippen LogP contribution >= 0.6 is 34.5 Å². The zero-order valence-corrected chi connectivity index (χ0v) is 12.3. The van der Waals surface area contributed by atoms with Crippen LogP contribution < -0.4 is 5.32 Å². The molecule has 1 aromatic carbocycles. The maximum absolute atomic E-state index is 13.9. The van der Waals surface area contributed by atoms with E-state index in [9.17, 15) is 4.39 Å². The lowest BCUT2D eigenvalue weighted by molar-refractivity contribution is 0.618. The second kappa shape index (κ2) is 5.47. The van der Waals surface area contributed by atoms with Gasteiger partial charge in [-0.3, -0.25) is 0 Å². The first-order valence-electron chi connectivity index (χ1n) is 5.45. The molecule has 1 unspecified atom stereocenters. The summed E-state index contributed by atoms with van der Waals surface area (Å²) in [5.74, 6) is -0.234. The van der Waals surface area contributed by atoms with Gasteiger partial charge in [-0.1, -0.05) is 35.3 Å². The molecule has 0 spiro atoms. The van der Waals surface area contributed by atoms with E-state index < -0.39 is 0 Å². The van der Waals surface area contributed by atoms with Gasteiger partial charge in [0.15, 0.2) is 0 Å². The zero-order valence-electron chi connectivity index (χ0n) is 9.93. The summed E-state index contributed by atoms with van der Waals surface area (Å²) in [4.78, 5) is 0. The Morgan fingerprint density at radius 1 is 1.33 bits per heavy atom. The Balaban J connectivity index is 2.24. The third kappa shape index (κ3) is 2.79. The standard InChI is InChI=1S/C13H12Cl2FNS/c1-7-4-3-5-10(12(7)16)17-8(2)9-6-11(14)18-13(9)15/h3-6,8,17H,1-2H3. The Labute approximate surface area is 120 Å². The second-order valence-corrected chi connectivity index (χ2v) is 6.37. The van der Waals surface area contributed by atoms with Crippen LogP contribution in [0.15, 0.2) is 24.3 Å². The minimum absolute atomic E-state index is 0.0995. The van der Waals surface area contributed by atoms with Crippen molar-refractivity contribution in [2.24, 2.45) is 0 Å². The van der Waals surface area contributed by atoms with E-state index in [-0.39, 0.29) is 11.9 Å². The lowest BCUT2D eigenvalue weighted by Gasteiger charge is -2.16. The Hall–Kier alpha value is -0.770. The molecular weight excluding hydrogens is 292 g/mol. The third-order valence-electron chi connectivity index (χ3n) is 2.71. The van der Waals surface area contributed by atoms with E-state index in [1.807, 2.05) is 13.0 Å². The van der Waals surface area contributed by atoms with Gasteiger partial charge in [0, 0.05) is 5.56 Å². The van der Waals surface area contributed by atoms with Crippen LogP contribution in [-0.4, -0.2) is 0 Å². The molecular formula is C13H12Cl2FNS. The number of thiophene rings is 1. The van der Waals surface area contributed by atoms with Crippen LogP contribution in [0, 0.1) is 12.7 Å². The van der Waals surface area contributed by atoms with E-state index >= 15 is 0 Å². The van der Waals surface area contributed by atoms with Gasteiger partial charge in [0.1, 0.15) is 5.82 Å². The number of anilines is 1. The Kier molecular flexibility index (Phi) is 4.15. The number of rotatable bonds is 3. The largest absolute Gasteiger partial charge is 0.376 e. The van der Waals surface area contributed by atoms with Crippen molar-refractivity contribution in [3.8, 4) is 0 Å². The SMILES string of the molecule is Cc1cccc(NC(C)c2cc(Cl)sc2Cl)c1F. The molecule has 96 valence electrons. The van der Waals surface area contributed by atoms with E-state index in [2.05, 4.69) is 5.32 Å². The molecule has 18 heavy (non-hydrogen) atoms. The predicted octanol–water partition coefficient (Wildman–Crippen LogP) is 5.68. The summed E-state index contributed by atoms with van der Waals surface area (Å²) >= 11 is 13.3. The fourth-order valence-corrected chi connectivity index (χ4v) is 3.36. The number of nitrogens with one attached hydrogen (secondary N) is 1. The first-order valence-corrected chi connectivity index (χ1v) is 7.02. The molecule has 0 aliphatic heterocycles. The van der Waals surface area contributed by atoms with Gasteiger partial charge in [-0.15, -0.1) is 11.3 Å². The van der Waals surface area contributed by atoms with Crippen molar-refractivity contribution in [1.82, 2.24) is 0 Å². The molecule has 0 saturated heterocycles. The fraction of sp³-hybridized carbons (Fsp3) is 0.231. The van der Waals surface area contributed by atoms with Gasteiger partial charge in [-0.25, -0.2) is 4.39 Å². The average Bonchev–Trinajstić information content (AvgIpc) is 2.64. The van der Waals surface area contributed by atoms with Crippen molar-refractivity contribution >= 4 is 40.2 Å². The lowest BCUT2D eigenvalue weighted by Crippen LogP contribution is -2.08. The van der Waals surface area contributed by atoms with Crippen molar-refractivity contribution < 1.29 is 4.39 Å². The highest BCUT2D eigenvalue weighted by molar-refractivity contribution is 7.20. The molecule has 1 heterocycles. The molecule has 1 nitrogen and oxygen atoms in total. The summed E-state index contributed by atoms with van der Waals surface area (Å²) < 4.78 is 15.1. The summed E-state index contributed by atoms with van der Waals surface area (Å²) in [6, 6.07) is 6.97. The maximum Gasteiger partial charge on any atom is 0.149 e. The molecule has 1 N–H and O–H groups in total. The van der Waals surface area contributed by atoms with Crippen LogP contribution in [-0.2, 0) is 0 Å². The first kappa shape index (κ1) is 13.7. The van der Waals surface area contributed by atoms with Crippen molar-refractivity contribution in [2.75, 3.05) is 5.32 Å². The van der Waals surface area contributed by atoms with Crippen molar-refractivity contribution in [1.29, 1.82) is 0 Å². The van der Waals surface area contributed by atoms with Crippen LogP contribution in [0.3, 0.4) is 0 Å². The number of hydrogen-bond donors (Lipinski definition) is 1. The number of benzene rings is 1. The summed E-state index contributed by atoms with van der Waals surface area (Å²) in [6.45, 7) is 3.66. The normalized spacial score (nSPS) is 12.5. The quantitative estimate of drug-likeness (QED) is 0.769. The molecule has 0 aliphatic carbocycles. The predicted molar refractivity (Wildman–Crippen MR) is 77.5 cm³/mol. The minimum Gasteiger partial charge on any atom is -0.376 e. The van der Waals surface area contributed by atoms with E-state index in [1.54, 1.807) is 25.1 Å². The van der Waals surface area contributed by atoms with Crippen LogP contribution in [0.25, 0.3) is 0 Å². The van der Waals surface area contributed by atoms with Gasteiger partial charge >= 0.3 is 0 Å². The molecule has 0 radical (unpaired) electrons. The molecule has 0 aliphatic rings. The molecule has 2 aromatic rings. The van der Waals surface area contributed by atoms with E-state index in [4.69, 9.17) is 23.2 Å². The van der Waals surface area contributed by atoms with Gasteiger partial charge in [0.25, 0.3) is 0 Å². The van der Waals surface area contributed by atoms with E-state index in [0.29, 0.717) is 19.9 Å². The third-order valence-corrected chi connectivity index (χ3v) is 4.23. The summed E-state index contributed by atoms with van der Waals surface area (Å²) in [5, 5.41) is 3.11. The highest BCUT2D eigenvalue weighted by Gasteiger charge is 2.15. The Morgan fingerprint density at radius 3 is 2.67 bits per heavy atom. The summed E-state index contributed by atoms with van der Waals surface area (Å²) in [7, 11) is 0. The first-order chi connectivity index (χ1) is 8.49. The Bertz CT molecular complexity index is 568. The average molecular weight is 304 g/mol. The number of halogens is 3. The molecule has 2 rings (SSSR count). The monoisotopic (exact) mass is 303 g/mol. The van der Waals surface area contributed by atoms with Crippen molar-refractivity contribution in [3.63, 3.8) is 0 Å². The van der Waals surface area contributed by atoms with Crippen LogP contribution in [0.5, 0.6) is 0 Å². The van der Waals surface area contributed by atoms with Gasteiger partial charge in [0.2, 0.25) is 0 Å². The number of aryl methyl sites for hydroxylation is 1. The van der Waals surface area contributed by atoms with Gasteiger partial charge in [-0.05, 0) is 31.5 Å². The highest BCUT2D eigenvalue weighted by Crippen LogP contribution is 2.36. The smallest absolute Gasteiger partial charge is 0.149 e. The van der Waals surface area contributed by atoms with E-state index in [1.165, 1.54) is 11.3 Å². The van der Waals surface area contributed by atoms with Crippen molar-refractivity contribution in [3.05, 3.63) is 49.9 Å². The van der Waals surface area contributed by atoms with Crippen molar-refractivity contribution in [2.45, 2.75) is 19.9 Å². The molecule has 1 aromatic heterocycles. The molecule has 0 bridgehead atoms. The Morgan fingerprint density at radius 2 is 2.06 bits per heavy atom.